The fourth-order valence-electron chi connectivity index (χ4n) is 3.84. The number of rotatable bonds is 3. The molecule has 0 radical (unpaired) electrons. The van der Waals surface area contributed by atoms with Gasteiger partial charge in [0.1, 0.15) is 11.5 Å². The molecule has 28 heavy (non-hydrogen) atoms. The Balaban J connectivity index is 1.56. The summed E-state index contributed by atoms with van der Waals surface area (Å²) < 4.78 is 11.6. The Morgan fingerprint density at radius 1 is 1.00 bits per heavy atom. The van der Waals surface area contributed by atoms with Gasteiger partial charge in [-0.15, -0.1) is 0 Å². The summed E-state index contributed by atoms with van der Waals surface area (Å²) in [6.45, 7) is 0. The summed E-state index contributed by atoms with van der Waals surface area (Å²) in [7, 11) is 1.67. The molecule has 3 aromatic carbocycles. The Bertz CT molecular complexity index is 1030. The second kappa shape index (κ2) is 6.88. The smallest absolute Gasteiger partial charge is 0.213 e. The number of hydrogen-bond acceptors (Lipinski definition) is 4. The third-order valence-corrected chi connectivity index (χ3v) is 5.53. The predicted molar refractivity (Wildman–Crippen MR) is 110 cm³/mol. The van der Waals surface area contributed by atoms with Crippen molar-refractivity contribution in [3.63, 3.8) is 0 Å². The first-order chi connectivity index (χ1) is 13.7. The molecule has 2 atom stereocenters. The van der Waals surface area contributed by atoms with E-state index in [1.165, 1.54) is 5.56 Å². The van der Waals surface area contributed by atoms with Gasteiger partial charge in [-0.25, -0.2) is 5.01 Å². The summed E-state index contributed by atoms with van der Waals surface area (Å²) in [5.74, 6) is 1.75. The molecule has 5 rings (SSSR count). The maximum absolute atomic E-state index is 6.35. The zero-order valence-electron chi connectivity index (χ0n) is 15.4. The summed E-state index contributed by atoms with van der Waals surface area (Å²) in [5.41, 5.74) is 4.35. The molecule has 140 valence electrons. The van der Waals surface area contributed by atoms with Crippen molar-refractivity contribution >= 4 is 17.3 Å². The minimum Gasteiger partial charge on any atom is -0.497 e. The van der Waals surface area contributed by atoms with Crippen LogP contribution >= 0.6 is 11.6 Å². The SMILES string of the molecule is COc1ccc(C2=NN3[C@H](C2)c2ccccc2O[C@H]3c2ccc(Cl)cc2)cc1. The summed E-state index contributed by atoms with van der Waals surface area (Å²) in [4.78, 5) is 0. The van der Waals surface area contributed by atoms with E-state index in [2.05, 4.69) is 23.2 Å². The topological polar surface area (TPSA) is 34.1 Å². The maximum atomic E-state index is 6.35. The van der Waals surface area contributed by atoms with Crippen LogP contribution in [0.1, 0.15) is 35.4 Å². The summed E-state index contributed by atoms with van der Waals surface area (Å²) in [6, 6.07) is 24.2. The van der Waals surface area contributed by atoms with Crippen molar-refractivity contribution in [3.05, 3.63) is 94.5 Å². The first kappa shape index (κ1) is 17.1. The van der Waals surface area contributed by atoms with E-state index in [1.807, 2.05) is 54.6 Å². The van der Waals surface area contributed by atoms with Crippen molar-refractivity contribution < 1.29 is 9.47 Å². The summed E-state index contributed by atoms with van der Waals surface area (Å²) >= 11 is 6.08. The zero-order chi connectivity index (χ0) is 19.1. The van der Waals surface area contributed by atoms with Gasteiger partial charge in [-0.2, -0.15) is 5.10 Å². The Labute approximate surface area is 169 Å². The Morgan fingerprint density at radius 3 is 2.50 bits per heavy atom. The first-order valence-corrected chi connectivity index (χ1v) is 9.62. The number of para-hydroxylation sites is 1. The van der Waals surface area contributed by atoms with Crippen molar-refractivity contribution in [1.29, 1.82) is 0 Å². The second-order valence-electron chi connectivity index (χ2n) is 6.93. The molecule has 2 heterocycles. The van der Waals surface area contributed by atoms with E-state index in [1.54, 1.807) is 7.11 Å². The number of ether oxygens (including phenoxy) is 2. The molecule has 5 heteroatoms. The van der Waals surface area contributed by atoms with E-state index >= 15 is 0 Å². The molecule has 0 aromatic heterocycles. The van der Waals surface area contributed by atoms with Crippen molar-refractivity contribution in [1.82, 2.24) is 5.01 Å². The van der Waals surface area contributed by atoms with Gasteiger partial charge in [0.25, 0.3) is 0 Å². The summed E-state index contributed by atoms with van der Waals surface area (Å²) in [5, 5.41) is 7.75. The highest BCUT2D eigenvalue weighted by Gasteiger charge is 2.40. The van der Waals surface area contributed by atoms with Crippen LogP contribution in [0.3, 0.4) is 0 Å². The number of halogens is 1. The van der Waals surface area contributed by atoms with Gasteiger partial charge in [0.05, 0.1) is 18.9 Å². The van der Waals surface area contributed by atoms with Crippen molar-refractivity contribution in [3.8, 4) is 11.5 Å². The monoisotopic (exact) mass is 390 g/mol. The minimum absolute atomic E-state index is 0.141. The van der Waals surface area contributed by atoms with Crippen molar-refractivity contribution in [2.75, 3.05) is 7.11 Å². The minimum atomic E-state index is -0.284. The largest absolute Gasteiger partial charge is 0.497 e. The lowest BCUT2D eigenvalue weighted by Gasteiger charge is -2.38. The molecule has 0 aliphatic carbocycles. The van der Waals surface area contributed by atoms with Gasteiger partial charge in [-0.3, -0.25) is 0 Å². The molecule has 0 N–H and O–H groups in total. The average Bonchev–Trinajstić information content (AvgIpc) is 3.20. The van der Waals surface area contributed by atoms with E-state index in [0.717, 1.165) is 34.8 Å². The molecule has 0 unspecified atom stereocenters. The molecule has 4 nitrogen and oxygen atoms in total. The van der Waals surface area contributed by atoms with Crippen LogP contribution < -0.4 is 9.47 Å². The zero-order valence-corrected chi connectivity index (χ0v) is 16.1. The first-order valence-electron chi connectivity index (χ1n) is 9.24. The molecule has 0 amide bonds. The molecule has 0 spiro atoms. The van der Waals surface area contributed by atoms with Crippen LogP contribution in [0.4, 0.5) is 0 Å². The van der Waals surface area contributed by atoms with E-state index in [0.29, 0.717) is 5.02 Å². The third kappa shape index (κ3) is 2.90. The Hall–Kier alpha value is -2.98. The Morgan fingerprint density at radius 2 is 1.75 bits per heavy atom. The molecule has 0 bridgehead atoms. The molecule has 2 aliphatic rings. The van der Waals surface area contributed by atoms with Crippen LogP contribution in [-0.4, -0.2) is 17.8 Å². The number of fused-ring (bicyclic) bond motifs is 3. The number of hydrazone groups is 1. The maximum Gasteiger partial charge on any atom is 0.213 e. The van der Waals surface area contributed by atoms with Crippen LogP contribution in [0.25, 0.3) is 0 Å². The molecule has 2 aliphatic heterocycles. The van der Waals surface area contributed by atoms with Gasteiger partial charge in [0, 0.05) is 22.6 Å². The van der Waals surface area contributed by atoms with Gasteiger partial charge >= 0.3 is 0 Å². The normalized spacial score (nSPS) is 20.1. The van der Waals surface area contributed by atoms with E-state index in [9.17, 15) is 0 Å². The van der Waals surface area contributed by atoms with Crippen LogP contribution in [0.15, 0.2) is 77.9 Å². The second-order valence-corrected chi connectivity index (χ2v) is 7.37. The number of hydrogen-bond donors (Lipinski definition) is 0. The van der Waals surface area contributed by atoms with Gasteiger partial charge < -0.3 is 9.47 Å². The van der Waals surface area contributed by atoms with Gasteiger partial charge in [0.2, 0.25) is 6.23 Å². The third-order valence-electron chi connectivity index (χ3n) is 5.28. The molecule has 3 aromatic rings. The average molecular weight is 391 g/mol. The fraction of sp³-hybridized carbons (Fsp3) is 0.174. The van der Waals surface area contributed by atoms with E-state index in [-0.39, 0.29) is 12.3 Å². The highest BCUT2D eigenvalue weighted by Crippen LogP contribution is 2.47. The fourth-order valence-corrected chi connectivity index (χ4v) is 3.97. The van der Waals surface area contributed by atoms with E-state index in [4.69, 9.17) is 26.2 Å². The lowest BCUT2D eigenvalue weighted by atomic mass is 9.96. The number of benzene rings is 3. The highest BCUT2D eigenvalue weighted by molar-refractivity contribution is 6.30. The van der Waals surface area contributed by atoms with Crippen LogP contribution in [0.5, 0.6) is 11.5 Å². The standard InChI is InChI=1S/C23H19ClN2O2/c1-27-18-12-8-15(9-13-18)20-14-21-19-4-2-3-5-22(19)28-23(26(21)25-20)16-6-10-17(24)11-7-16/h2-13,21,23H,14H2,1H3/t21-,23+/m1/s1. The molecule has 0 fully saturated rings. The number of methoxy groups -OCH3 is 1. The molecule has 0 saturated carbocycles. The van der Waals surface area contributed by atoms with Crippen LogP contribution in [0, 0.1) is 0 Å². The molecule has 0 saturated heterocycles. The van der Waals surface area contributed by atoms with Gasteiger partial charge in [-0.05, 0) is 48.0 Å². The summed E-state index contributed by atoms with van der Waals surface area (Å²) in [6.07, 6.45) is 0.546. The van der Waals surface area contributed by atoms with Gasteiger partial charge in [-0.1, -0.05) is 41.9 Å². The lowest BCUT2D eigenvalue weighted by molar-refractivity contribution is -0.0190. The van der Waals surface area contributed by atoms with Gasteiger partial charge in [0.15, 0.2) is 0 Å². The quantitative estimate of drug-likeness (QED) is 0.584. The Kier molecular flexibility index (Phi) is 4.21. The highest BCUT2D eigenvalue weighted by atomic mass is 35.5. The van der Waals surface area contributed by atoms with Crippen molar-refractivity contribution in [2.24, 2.45) is 5.10 Å². The van der Waals surface area contributed by atoms with E-state index < -0.39 is 0 Å². The number of nitrogens with zero attached hydrogens (tertiary/aromatic N) is 2. The van der Waals surface area contributed by atoms with Crippen LogP contribution in [0.2, 0.25) is 5.02 Å². The molecular formula is C23H19ClN2O2. The lowest BCUT2D eigenvalue weighted by Crippen LogP contribution is -2.33. The van der Waals surface area contributed by atoms with Crippen molar-refractivity contribution in [2.45, 2.75) is 18.7 Å². The predicted octanol–water partition coefficient (Wildman–Crippen LogP) is 5.59. The van der Waals surface area contributed by atoms with Crippen LogP contribution in [-0.2, 0) is 0 Å². The molecular weight excluding hydrogens is 372 g/mol.